The Morgan fingerprint density at radius 3 is 2.00 bits per heavy atom. The molecule has 0 bridgehead atoms. The molecule has 17 heavy (non-hydrogen) atoms. The maximum atomic E-state index is 10.0. The molecule has 100 valence electrons. The number of carboxylic acids is 1. The van der Waals surface area contributed by atoms with E-state index in [4.69, 9.17) is 5.11 Å². The maximum absolute atomic E-state index is 10.0. The summed E-state index contributed by atoms with van der Waals surface area (Å²) in [7, 11) is 0. The predicted molar refractivity (Wildman–Crippen MR) is 68.6 cm³/mol. The van der Waals surface area contributed by atoms with E-state index in [2.05, 4.69) is 19.2 Å². The molecule has 0 aromatic rings. The number of amides is 1. The van der Waals surface area contributed by atoms with Gasteiger partial charge in [0.1, 0.15) is 0 Å². The van der Waals surface area contributed by atoms with Crippen molar-refractivity contribution < 1.29 is 66.1 Å². The van der Waals surface area contributed by atoms with Crippen LogP contribution in [0.2, 0.25) is 0 Å². The molecule has 0 aromatic carbocycles. The summed E-state index contributed by atoms with van der Waals surface area (Å²) in [5, 5.41) is 10.6. The van der Waals surface area contributed by atoms with E-state index in [1.54, 1.807) is 6.41 Å². The van der Waals surface area contributed by atoms with Crippen molar-refractivity contribution in [1.29, 1.82) is 0 Å². The van der Waals surface area contributed by atoms with Gasteiger partial charge >= 0.3 is 57.4 Å². The number of rotatable bonds is 7. The minimum absolute atomic E-state index is 0. The van der Waals surface area contributed by atoms with E-state index >= 15 is 0 Å². The molecule has 5 heteroatoms. The molecule has 0 aliphatic carbocycles. The maximum Gasteiger partial charge on any atom is 1.00 e. The van der Waals surface area contributed by atoms with E-state index < -0.39 is 5.97 Å². The van der Waals surface area contributed by atoms with Crippen LogP contribution in [0.1, 0.15) is 46.0 Å². The molecular formula is C12H26KNO3-2. The summed E-state index contributed by atoms with van der Waals surface area (Å²) in [5.74, 6) is -0.764. The molecule has 2 N–H and O–H groups in total. The minimum atomic E-state index is -0.764. The van der Waals surface area contributed by atoms with Crippen LogP contribution >= 0.6 is 0 Å². The third-order valence-electron chi connectivity index (χ3n) is 1.26. The van der Waals surface area contributed by atoms with Crippen LogP contribution in [0.15, 0.2) is 0 Å². The van der Waals surface area contributed by atoms with Gasteiger partial charge in [-0.1, -0.05) is 26.7 Å². The van der Waals surface area contributed by atoms with Crippen LogP contribution in [0.3, 0.4) is 0 Å². The Hall–Kier alpha value is 0.576. The van der Waals surface area contributed by atoms with Crippen LogP contribution in [0, 0.1) is 14.9 Å². The molecule has 0 rings (SSSR count). The first-order valence-electron chi connectivity index (χ1n) is 5.00. The molecular weight excluding hydrogens is 245 g/mol. The van der Waals surface area contributed by atoms with E-state index in [1.807, 2.05) is 0 Å². The number of aliphatic carboxylic acids is 1. The van der Waals surface area contributed by atoms with Gasteiger partial charge in [0, 0.05) is 6.42 Å². The van der Waals surface area contributed by atoms with Gasteiger partial charge in [-0.2, -0.15) is 6.41 Å². The third-order valence-corrected chi connectivity index (χ3v) is 1.26. The van der Waals surface area contributed by atoms with Crippen molar-refractivity contribution in [2.75, 3.05) is 6.54 Å². The van der Waals surface area contributed by atoms with Crippen LogP contribution in [0.5, 0.6) is 0 Å². The Labute approximate surface area is 149 Å². The monoisotopic (exact) mass is 271 g/mol. The Morgan fingerprint density at radius 1 is 1.18 bits per heavy atom. The summed E-state index contributed by atoms with van der Waals surface area (Å²) >= 11 is 0. The molecule has 0 fully saturated rings. The molecule has 0 spiro atoms. The zero-order valence-corrected chi connectivity index (χ0v) is 15.1. The second-order valence-electron chi connectivity index (χ2n) is 2.94. The zero-order valence-electron chi connectivity index (χ0n) is 12.0. The smallest absolute Gasteiger partial charge is 0.530 e. The number of hydrogen-bond acceptors (Lipinski definition) is 2. The molecule has 4 nitrogen and oxygen atoms in total. The number of carbonyl (C=O) groups excluding carboxylic acids is 1. The normalized spacial score (nSPS) is 6.94. The molecule has 0 saturated heterocycles. The summed E-state index contributed by atoms with van der Waals surface area (Å²) in [6.07, 6.45) is 5.35. The Bertz CT molecular complexity index is 144. The topological polar surface area (TPSA) is 66.4 Å². The van der Waals surface area contributed by atoms with Gasteiger partial charge in [0.15, 0.2) is 0 Å². The van der Waals surface area contributed by atoms with E-state index in [-0.39, 0.29) is 72.7 Å². The average molecular weight is 271 g/mol. The van der Waals surface area contributed by atoms with Crippen LogP contribution in [0.4, 0.5) is 0 Å². The standard InChI is InChI=1S/C7H12NO3.C3H8.2CH3.K/c9-6-8-5-3-1-2-4-7(10)11;1-3-2;;;/h1-5H2,(H,8,9)(H,10,11);3H2,1-2H3;2*1H3;/q-1;;2*-1;+1. The van der Waals surface area contributed by atoms with Gasteiger partial charge < -0.3 is 30.1 Å². The van der Waals surface area contributed by atoms with Crippen LogP contribution in [-0.4, -0.2) is 24.0 Å². The van der Waals surface area contributed by atoms with Gasteiger partial charge in [-0.25, -0.2) is 0 Å². The van der Waals surface area contributed by atoms with E-state index in [0.717, 1.165) is 12.8 Å². The van der Waals surface area contributed by atoms with Crippen molar-refractivity contribution in [3.8, 4) is 0 Å². The third kappa shape index (κ3) is 47.9. The summed E-state index contributed by atoms with van der Waals surface area (Å²) in [5.41, 5.74) is 0. The van der Waals surface area contributed by atoms with E-state index in [1.165, 1.54) is 6.42 Å². The summed E-state index contributed by atoms with van der Waals surface area (Å²) in [6.45, 7) is 4.84. The number of carboxylic acid groups (broad SMARTS) is 1. The number of carbonyl (C=O) groups is 1. The molecule has 0 radical (unpaired) electrons. The Morgan fingerprint density at radius 2 is 1.65 bits per heavy atom. The SMILES string of the molecule is CCC.O=[C-]NCCCCCC(=O)O.[CH3-].[CH3-].[K+]. The molecule has 1 amide bonds. The minimum Gasteiger partial charge on any atom is -0.530 e. The first kappa shape index (κ1) is 30.5. The van der Waals surface area contributed by atoms with Gasteiger partial charge in [-0.15, -0.1) is 0 Å². The Balaban J connectivity index is -0.0000000724. The first-order valence-corrected chi connectivity index (χ1v) is 5.00. The second kappa shape index (κ2) is 30.0. The fourth-order valence-electron chi connectivity index (χ4n) is 0.717. The van der Waals surface area contributed by atoms with Crippen molar-refractivity contribution >= 4 is 12.4 Å². The van der Waals surface area contributed by atoms with Gasteiger partial charge in [0.05, 0.1) is 0 Å². The number of unbranched alkanes of at least 4 members (excludes halogenated alkanes) is 2. The van der Waals surface area contributed by atoms with Crippen molar-refractivity contribution in [2.24, 2.45) is 0 Å². The van der Waals surface area contributed by atoms with Gasteiger partial charge in [-0.3, -0.25) is 4.79 Å². The Kier molecular flexibility index (Phi) is 53.9. The first-order chi connectivity index (χ1) is 6.68. The molecule has 0 atom stereocenters. The van der Waals surface area contributed by atoms with Crippen LogP contribution < -0.4 is 56.7 Å². The second-order valence-corrected chi connectivity index (χ2v) is 2.94. The summed E-state index contributed by atoms with van der Waals surface area (Å²) in [6, 6.07) is 0. The molecule has 0 aromatic heterocycles. The molecule has 0 saturated carbocycles. The fourth-order valence-corrected chi connectivity index (χ4v) is 0.717. The molecule has 0 aliphatic heterocycles. The van der Waals surface area contributed by atoms with Crippen molar-refractivity contribution in [3.63, 3.8) is 0 Å². The van der Waals surface area contributed by atoms with Gasteiger partial charge in [0.25, 0.3) is 0 Å². The van der Waals surface area contributed by atoms with Gasteiger partial charge in [0.2, 0.25) is 0 Å². The summed E-state index contributed by atoms with van der Waals surface area (Å²) < 4.78 is 0. The van der Waals surface area contributed by atoms with E-state index in [9.17, 15) is 9.59 Å². The molecule has 0 unspecified atom stereocenters. The average Bonchev–Trinajstić information content (AvgIpc) is 2.12. The number of hydrogen-bond donors (Lipinski definition) is 2. The molecule has 0 aliphatic rings. The van der Waals surface area contributed by atoms with Crippen LogP contribution in [0.25, 0.3) is 0 Å². The predicted octanol–water partition coefficient (Wildman–Crippen LogP) is -0.391. The summed E-state index contributed by atoms with van der Waals surface area (Å²) in [4.78, 5) is 19.6. The fraction of sp³-hybridized carbons (Fsp3) is 0.667. The van der Waals surface area contributed by atoms with E-state index in [0.29, 0.717) is 13.0 Å². The zero-order chi connectivity index (χ0) is 11.2. The number of nitrogens with one attached hydrogen (secondary N) is 1. The van der Waals surface area contributed by atoms with Crippen molar-refractivity contribution in [3.05, 3.63) is 14.9 Å². The van der Waals surface area contributed by atoms with Gasteiger partial charge in [-0.05, 0) is 19.4 Å². The largest absolute Gasteiger partial charge is 1.00 e. The quantitative estimate of drug-likeness (QED) is 0.287. The molecule has 0 heterocycles. The van der Waals surface area contributed by atoms with Crippen molar-refractivity contribution in [1.82, 2.24) is 5.32 Å². The van der Waals surface area contributed by atoms with Crippen LogP contribution in [-0.2, 0) is 9.59 Å². The van der Waals surface area contributed by atoms with Crippen molar-refractivity contribution in [2.45, 2.75) is 46.0 Å².